The Morgan fingerprint density at radius 1 is 1.09 bits per heavy atom. The number of hydrogen-bond donors (Lipinski definition) is 0. The molecule has 0 bridgehead atoms. The maximum atomic E-state index is 13.4. The van der Waals surface area contributed by atoms with Crippen LogP contribution in [0.2, 0.25) is 0 Å². The van der Waals surface area contributed by atoms with Crippen LogP contribution in [0.4, 0.5) is 0 Å². The van der Waals surface area contributed by atoms with Crippen molar-refractivity contribution in [1.82, 2.24) is 4.57 Å². The third-order valence-electron chi connectivity index (χ3n) is 6.38. The predicted octanol–water partition coefficient (Wildman–Crippen LogP) is 5.03. The highest BCUT2D eigenvalue weighted by Crippen LogP contribution is 2.42. The van der Waals surface area contributed by atoms with Crippen LogP contribution in [0.25, 0.3) is 21.8 Å². The van der Waals surface area contributed by atoms with E-state index in [0.29, 0.717) is 22.6 Å². The molecule has 3 aromatic carbocycles. The molecule has 1 aromatic heterocycles. The smallest absolute Gasteiger partial charge is 0.331 e. The third-order valence-corrected chi connectivity index (χ3v) is 6.38. The van der Waals surface area contributed by atoms with Crippen LogP contribution < -0.4 is 4.74 Å². The number of carbonyl (C=O) groups is 2. The molecular formula is C28H26N2O5. The number of methoxy groups -OCH3 is 1. The van der Waals surface area contributed by atoms with Gasteiger partial charge in [-0.3, -0.25) is 4.79 Å². The number of aryl methyl sites for hydroxylation is 2. The van der Waals surface area contributed by atoms with Gasteiger partial charge in [0.25, 0.3) is 0 Å². The summed E-state index contributed by atoms with van der Waals surface area (Å²) >= 11 is 0. The maximum Gasteiger partial charge on any atom is 0.331 e. The van der Waals surface area contributed by atoms with Gasteiger partial charge in [0.05, 0.1) is 17.5 Å². The highest BCUT2D eigenvalue weighted by molar-refractivity contribution is 6.20. The van der Waals surface area contributed by atoms with Gasteiger partial charge in [-0.1, -0.05) is 29.4 Å². The fourth-order valence-electron chi connectivity index (χ4n) is 4.81. The summed E-state index contributed by atoms with van der Waals surface area (Å²) in [5.41, 5.74) is 5.48. The Morgan fingerprint density at radius 2 is 1.86 bits per heavy atom. The zero-order valence-electron chi connectivity index (χ0n) is 20.1. The van der Waals surface area contributed by atoms with E-state index in [1.54, 1.807) is 7.11 Å². The van der Waals surface area contributed by atoms with Gasteiger partial charge in [0, 0.05) is 48.2 Å². The molecule has 0 aliphatic carbocycles. The van der Waals surface area contributed by atoms with E-state index < -0.39 is 12.1 Å². The number of fused-ring (bicyclic) bond motifs is 5. The first-order valence-electron chi connectivity index (χ1n) is 11.5. The van der Waals surface area contributed by atoms with E-state index in [4.69, 9.17) is 14.3 Å². The summed E-state index contributed by atoms with van der Waals surface area (Å²) in [7, 11) is 1.58. The number of nitrogens with zero attached hydrogens (tertiary/aromatic N) is 2. The lowest BCUT2D eigenvalue weighted by Crippen LogP contribution is -2.27. The van der Waals surface area contributed by atoms with Crippen molar-refractivity contribution in [1.29, 1.82) is 0 Å². The molecule has 1 aliphatic heterocycles. The molecule has 7 nitrogen and oxygen atoms in total. The fraction of sp³-hybridized carbons (Fsp3) is 0.250. The topological polar surface area (TPSA) is 79.1 Å². The summed E-state index contributed by atoms with van der Waals surface area (Å²) in [6.07, 6.45) is -0.517. The molecule has 1 aliphatic rings. The Balaban J connectivity index is 1.74. The van der Waals surface area contributed by atoms with Crippen molar-refractivity contribution in [2.75, 3.05) is 13.7 Å². The average molecular weight is 471 g/mol. The van der Waals surface area contributed by atoms with Gasteiger partial charge >= 0.3 is 5.97 Å². The predicted molar refractivity (Wildman–Crippen MR) is 134 cm³/mol. The molecule has 2 heterocycles. The van der Waals surface area contributed by atoms with Crippen LogP contribution in [-0.2, 0) is 20.9 Å². The molecule has 0 saturated carbocycles. The van der Waals surface area contributed by atoms with Crippen molar-refractivity contribution in [2.24, 2.45) is 5.16 Å². The van der Waals surface area contributed by atoms with Crippen LogP contribution >= 0.6 is 0 Å². The zero-order chi connectivity index (χ0) is 24.7. The summed E-state index contributed by atoms with van der Waals surface area (Å²) in [5.74, 6) is 0.114. The SMILES string of the molecule is CCn1c2ccc(C(=O)c3ccccc3C)cc2c2c3c(ccc21)/C(=N/OC(C)=O)C(COC)O3. The van der Waals surface area contributed by atoms with E-state index in [1.807, 2.05) is 61.5 Å². The van der Waals surface area contributed by atoms with E-state index in [2.05, 4.69) is 16.6 Å². The summed E-state index contributed by atoms with van der Waals surface area (Å²) < 4.78 is 13.9. The largest absolute Gasteiger partial charge is 0.480 e. The van der Waals surface area contributed by atoms with Gasteiger partial charge in [0.1, 0.15) is 11.5 Å². The van der Waals surface area contributed by atoms with Crippen LogP contribution in [-0.4, -0.2) is 41.9 Å². The van der Waals surface area contributed by atoms with Crippen LogP contribution in [0.3, 0.4) is 0 Å². The van der Waals surface area contributed by atoms with Crippen molar-refractivity contribution >= 4 is 39.3 Å². The number of carbonyl (C=O) groups excluding carboxylic acids is 2. The molecule has 0 saturated heterocycles. The van der Waals surface area contributed by atoms with Crippen LogP contribution in [0, 0.1) is 6.92 Å². The molecule has 0 radical (unpaired) electrons. The maximum absolute atomic E-state index is 13.4. The van der Waals surface area contributed by atoms with Crippen molar-refractivity contribution in [3.05, 3.63) is 76.9 Å². The molecule has 7 heteroatoms. The lowest BCUT2D eigenvalue weighted by atomic mass is 9.97. The summed E-state index contributed by atoms with van der Waals surface area (Å²) in [5, 5.41) is 5.89. The van der Waals surface area contributed by atoms with Gasteiger partial charge in [0.2, 0.25) is 0 Å². The molecule has 1 atom stereocenters. The molecule has 35 heavy (non-hydrogen) atoms. The first-order chi connectivity index (χ1) is 16.9. The van der Waals surface area contributed by atoms with Crippen LogP contribution in [0.5, 0.6) is 5.75 Å². The molecule has 4 aromatic rings. The molecule has 178 valence electrons. The van der Waals surface area contributed by atoms with Gasteiger partial charge in [0.15, 0.2) is 11.9 Å². The van der Waals surface area contributed by atoms with Gasteiger partial charge in [-0.05, 0) is 49.7 Å². The molecular weight excluding hydrogens is 444 g/mol. The molecule has 0 N–H and O–H groups in total. The Labute approximate surface area is 202 Å². The van der Waals surface area contributed by atoms with E-state index in [1.165, 1.54) is 6.92 Å². The molecule has 1 unspecified atom stereocenters. The monoisotopic (exact) mass is 470 g/mol. The second kappa shape index (κ2) is 9.00. The van der Waals surface area contributed by atoms with E-state index in [-0.39, 0.29) is 12.4 Å². The standard InChI is InChI=1S/C28H26N2O5/c1-5-30-22-12-10-18(27(32)19-9-7-6-8-16(19)2)14-21(22)25-23(30)13-11-20-26(29-35-17(3)31)24(15-33-4)34-28(20)25/h6-14,24H,5,15H2,1-4H3/b29-26-. The Hall–Kier alpha value is -3.97. The highest BCUT2D eigenvalue weighted by atomic mass is 16.7. The minimum Gasteiger partial charge on any atom is -0.480 e. The second-order valence-corrected chi connectivity index (χ2v) is 8.58. The lowest BCUT2D eigenvalue weighted by molar-refractivity contribution is -0.141. The Morgan fingerprint density at radius 3 is 2.57 bits per heavy atom. The van der Waals surface area contributed by atoms with Gasteiger partial charge in [-0.2, -0.15) is 0 Å². The number of hydrogen-bond acceptors (Lipinski definition) is 6. The number of aromatic nitrogens is 1. The number of rotatable bonds is 6. The average Bonchev–Trinajstić information content (AvgIpc) is 3.36. The van der Waals surface area contributed by atoms with Crippen LogP contribution in [0.1, 0.15) is 40.9 Å². The van der Waals surface area contributed by atoms with Crippen molar-refractivity contribution in [2.45, 2.75) is 33.4 Å². The van der Waals surface area contributed by atoms with Crippen molar-refractivity contribution in [3.63, 3.8) is 0 Å². The lowest BCUT2D eigenvalue weighted by Gasteiger charge is -2.10. The summed E-state index contributed by atoms with van der Waals surface area (Å²) in [6.45, 7) is 6.33. The first kappa shape index (κ1) is 22.8. The second-order valence-electron chi connectivity index (χ2n) is 8.58. The molecule has 0 amide bonds. The highest BCUT2D eigenvalue weighted by Gasteiger charge is 2.34. The normalized spacial score (nSPS) is 16.0. The number of ether oxygens (including phenoxy) is 2. The minimum absolute atomic E-state index is 0.0229. The minimum atomic E-state index is -0.517. The van der Waals surface area contributed by atoms with E-state index in [0.717, 1.165) is 39.5 Å². The Bertz CT molecular complexity index is 1520. The number of oxime groups is 1. The van der Waals surface area contributed by atoms with E-state index in [9.17, 15) is 9.59 Å². The fourth-order valence-corrected chi connectivity index (χ4v) is 4.81. The number of ketones is 1. The van der Waals surface area contributed by atoms with Gasteiger partial charge in [-0.15, -0.1) is 0 Å². The summed E-state index contributed by atoms with van der Waals surface area (Å²) in [4.78, 5) is 29.7. The van der Waals surface area contributed by atoms with Gasteiger partial charge in [-0.25, -0.2) is 4.79 Å². The van der Waals surface area contributed by atoms with Crippen molar-refractivity contribution < 1.29 is 23.9 Å². The third kappa shape index (κ3) is 3.78. The van der Waals surface area contributed by atoms with Gasteiger partial charge < -0.3 is 18.9 Å². The molecule has 5 rings (SSSR count). The molecule has 0 spiro atoms. The number of benzene rings is 3. The Kier molecular flexibility index (Phi) is 5.86. The first-order valence-corrected chi connectivity index (χ1v) is 11.5. The quantitative estimate of drug-likeness (QED) is 0.224. The van der Waals surface area contributed by atoms with E-state index >= 15 is 0 Å². The van der Waals surface area contributed by atoms with Crippen LogP contribution in [0.15, 0.2) is 59.8 Å². The van der Waals surface area contributed by atoms with Crippen molar-refractivity contribution in [3.8, 4) is 5.75 Å². The zero-order valence-corrected chi connectivity index (χ0v) is 20.1. The summed E-state index contributed by atoms with van der Waals surface area (Å²) in [6, 6.07) is 17.4. The molecule has 0 fully saturated rings.